The normalized spacial score (nSPS) is 15.1. The van der Waals surface area contributed by atoms with Gasteiger partial charge in [0.05, 0.1) is 26.5 Å². The smallest absolute Gasteiger partial charge is 0.270 e. The number of fused-ring (bicyclic) bond motifs is 1. The molecule has 1 amide bonds. The first-order valence-corrected chi connectivity index (χ1v) is 9.27. The van der Waals surface area contributed by atoms with E-state index in [1.165, 1.54) is 26.4 Å². The van der Waals surface area contributed by atoms with Gasteiger partial charge in [-0.25, -0.2) is 8.42 Å². The third kappa shape index (κ3) is 3.20. The molecule has 0 aliphatic carbocycles. The molecule has 8 heteroatoms. The number of sulfonamides is 1. The second-order valence-corrected chi connectivity index (χ2v) is 7.30. The van der Waals surface area contributed by atoms with Gasteiger partial charge in [0.2, 0.25) is 0 Å². The number of amides is 1. The maximum absolute atomic E-state index is 13.1. The highest BCUT2D eigenvalue weighted by Gasteiger charge is 2.39. The van der Waals surface area contributed by atoms with Crippen molar-refractivity contribution in [1.82, 2.24) is 5.32 Å². The average molecular weight is 378 g/mol. The number of nitrogens with zero attached hydrogens (tertiary/aromatic N) is 1. The SMILES string of the molecule is C=CCNC(=O)C1=C(C)c2cc(OC)c(OC)cc2N(CC=C)S1(=O)=O. The maximum Gasteiger partial charge on any atom is 0.270 e. The molecule has 0 radical (unpaired) electrons. The Morgan fingerprint density at radius 3 is 2.35 bits per heavy atom. The Balaban J connectivity index is 2.79. The van der Waals surface area contributed by atoms with Crippen LogP contribution in [-0.4, -0.2) is 41.6 Å². The second-order valence-electron chi connectivity index (χ2n) is 5.50. The molecular weight excluding hydrogens is 356 g/mol. The van der Waals surface area contributed by atoms with Gasteiger partial charge in [-0.15, -0.1) is 13.2 Å². The first-order valence-electron chi connectivity index (χ1n) is 7.83. The number of carbonyl (C=O) groups excluding carboxylic acids is 1. The number of hydrogen-bond acceptors (Lipinski definition) is 5. The lowest BCUT2D eigenvalue weighted by atomic mass is 10.0. The largest absolute Gasteiger partial charge is 0.493 e. The molecule has 0 saturated heterocycles. The molecule has 0 unspecified atom stereocenters. The van der Waals surface area contributed by atoms with E-state index in [9.17, 15) is 13.2 Å². The molecule has 0 spiro atoms. The van der Waals surface area contributed by atoms with E-state index < -0.39 is 15.9 Å². The molecule has 1 aromatic carbocycles. The molecule has 7 nitrogen and oxygen atoms in total. The van der Waals surface area contributed by atoms with Gasteiger partial charge >= 0.3 is 0 Å². The van der Waals surface area contributed by atoms with E-state index in [0.717, 1.165) is 4.31 Å². The number of carbonyl (C=O) groups is 1. The van der Waals surface area contributed by atoms with Gasteiger partial charge in [-0.3, -0.25) is 9.10 Å². The van der Waals surface area contributed by atoms with E-state index in [1.54, 1.807) is 19.1 Å². The van der Waals surface area contributed by atoms with Crippen molar-refractivity contribution < 1.29 is 22.7 Å². The lowest BCUT2D eigenvalue weighted by Gasteiger charge is -2.32. The highest BCUT2D eigenvalue weighted by atomic mass is 32.2. The fourth-order valence-corrected chi connectivity index (χ4v) is 4.51. The van der Waals surface area contributed by atoms with Crippen LogP contribution in [0.15, 0.2) is 42.3 Å². The van der Waals surface area contributed by atoms with Crippen LogP contribution in [0.3, 0.4) is 0 Å². The average Bonchev–Trinajstić information content (AvgIpc) is 2.62. The zero-order valence-corrected chi connectivity index (χ0v) is 15.9. The zero-order chi connectivity index (χ0) is 19.5. The number of nitrogens with one attached hydrogen (secondary N) is 1. The standard InChI is InChI=1S/C18H22N2O5S/c1-6-8-19-18(21)17-12(3)13-10-15(24-4)16(25-5)11-14(13)20(9-7-2)26(17,22)23/h6-7,10-11H,1-2,8-9H2,3-5H3,(H,19,21). The van der Waals surface area contributed by atoms with Gasteiger partial charge in [0.1, 0.15) is 0 Å². The molecule has 0 bridgehead atoms. The van der Waals surface area contributed by atoms with Crippen LogP contribution in [0, 0.1) is 0 Å². The van der Waals surface area contributed by atoms with Crippen LogP contribution in [0.1, 0.15) is 12.5 Å². The van der Waals surface area contributed by atoms with Crippen molar-refractivity contribution in [2.24, 2.45) is 0 Å². The van der Waals surface area contributed by atoms with Crippen LogP contribution in [0.5, 0.6) is 11.5 Å². The molecule has 140 valence electrons. The number of hydrogen-bond donors (Lipinski definition) is 1. The highest BCUT2D eigenvalue weighted by Crippen LogP contribution is 2.44. The van der Waals surface area contributed by atoms with Crippen LogP contribution in [-0.2, 0) is 14.8 Å². The van der Waals surface area contributed by atoms with Crippen LogP contribution in [0.4, 0.5) is 5.69 Å². The van der Waals surface area contributed by atoms with Crippen LogP contribution in [0.25, 0.3) is 5.57 Å². The van der Waals surface area contributed by atoms with E-state index in [1.807, 2.05) is 0 Å². The summed E-state index contributed by atoms with van der Waals surface area (Å²) in [4.78, 5) is 12.2. The third-order valence-electron chi connectivity index (χ3n) is 3.97. The summed E-state index contributed by atoms with van der Waals surface area (Å²) >= 11 is 0. The summed E-state index contributed by atoms with van der Waals surface area (Å²) in [5, 5.41) is 2.53. The van der Waals surface area contributed by atoms with Gasteiger partial charge in [-0.1, -0.05) is 12.2 Å². The summed E-state index contributed by atoms with van der Waals surface area (Å²) in [5.41, 5.74) is 1.31. The predicted octanol–water partition coefficient (Wildman–Crippen LogP) is 2.07. The van der Waals surface area contributed by atoms with E-state index in [4.69, 9.17) is 9.47 Å². The van der Waals surface area contributed by atoms with E-state index in [2.05, 4.69) is 18.5 Å². The number of methoxy groups -OCH3 is 2. The maximum atomic E-state index is 13.1. The predicted molar refractivity (Wildman–Crippen MR) is 102 cm³/mol. The lowest BCUT2D eigenvalue weighted by Crippen LogP contribution is -2.41. The zero-order valence-electron chi connectivity index (χ0n) is 15.0. The molecular formula is C18H22N2O5S. The Hall–Kier alpha value is -2.74. The molecule has 1 aliphatic rings. The minimum Gasteiger partial charge on any atom is -0.493 e. The van der Waals surface area contributed by atoms with Crippen molar-refractivity contribution in [3.05, 3.63) is 47.9 Å². The molecule has 0 fully saturated rings. The summed E-state index contributed by atoms with van der Waals surface area (Å²) in [6, 6.07) is 3.24. The van der Waals surface area contributed by atoms with Gasteiger partial charge in [-0.2, -0.15) is 0 Å². The summed E-state index contributed by atoms with van der Waals surface area (Å²) in [6.45, 7) is 8.90. The second kappa shape index (κ2) is 7.65. The highest BCUT2D eigenvalue weighted by molar-refractivity contribution is 7.97. The number of benzene rings is 1. The quantitative estimate of drug-likeness (QED) is 0.734. The fraction of sp³-hybridized carbons (Fsp3) is 0.278. The van der Waals surface area contributed by atoms with Gasteiger partial charge in [0, 0.05) is 18.2 Å². The molecule has 1 N–H and O–H groups in total. The number of anilines is 1. The van der Waals surface area contributed by atoms with E-state index in [0.29, 0.717) is 28.3 Å². The first kappa shape index (κ1) is 19.6. The van der Waals surface area contributed by atoms with Crippen LogP contribution in [0.2, 0.25) is 0 Å². The molecule has 2 rings (SSSR count). The first-order chi connectivity index (χ1) is 12.3. The third-order valence-corrected chi connectivity index (χ3v) is 5.90. The summed E-state index contributed by atoms with van der Waals surface area (Å²) < 4.78 is 37.9. The van der Waals surface area contributed by atoms with Crippen LogP contribution >= 0.6 is 0 Å². The van der Waals surface area contributed by atoms with Crippen molar-refractivity contribution in [1.29, 1.82) is 0 Å². The van der Waals surface area contributed by atoms with Crippen molar-refractivity contribution in [3.63, 3.8) is 0 Å². The molecule has 0 saturated carbocycles. The molecule has 26 heavy (non-hydrogen) atoms. The summed E-state index contributed by atoms with van der Waals surface area (Å²) in [5.74, 6) is 0.147. The van der Waals surface area contributed by atoms with E-state index >= 15 is 0 Å². The molecule has 0 atom stereocenters. The Morgan fingerprint density at radius 2 is 1.81 bits per heavy atom. The summed E-state index contributed by atoms with van der Waals surface area (Å²) in [7, 11) is -1.11. The Kier molecular flexibility index (Phi) is 5.76. The van der Waals surface area contributed by atoms with Crippen molar-refractivity contribution >= 4 is 27.2 Å². The summed E-state index contributed by atoms with van der Waals surface area (Å²) in [6.07, 6.45) is 2.94. The Bertz CT molecular complexity index is 887. The molecule has 1 aromatic rings. The van der Waals surface area contributed by atoms with Gasteiger partial charge in [0.25, 0.3) is 15.9 Å². The number of rotatable bonds is 7. The molecule has 0 aromatic heterocycles. The van der Waals surface area contributed by atoms with Gasteiger partial charge in [0.15, 0.2) is 16.4 Å². The Labute approximate surface area is 153 Å². The van der Waals surface area contributed by atoms with Crippen molar-refractivity contribution in [2.45, 2.75) is 6.92 Å². The van der Waals surface area contributed by atoms with E-state index in [-0.39, 0.29) is 18.0 Å². The van der Waals surface area contributed by atoms with Crippen molar-refractivity contribution in [2.75, 3.05) is 31.6 Å². The van der Waals surface area contributed by atoms with Gasteiger partial charge in [-0.05, 0) is 18.6 Å². The minimum absolute atomic E-state index is 0.0103. The van der Waals surface area contributed by atoms with Crippen molar-refractivity contribution in [3.8, 4) is 11.5 Å². The topological polar surface area (TPSA) is 84.9 Å². The number of allylic oxidation sites excluding steroid dienone is 1. The molecule has 1 heterocycles. The lowest BCUT2D eigenvalue weighted by molar-refractivity contribution is -0.116. The van der Waals surface area contributed by atoms with Gasteiger partial charge < -0.3 is 14.8 Å². The monoisotopic (exact) mass is 378 g/mol. The Morgan fingerprint density at radius 1 is 1.19 bits per heavy atom. The fourth-order valence-electron chi connectivity index (χ4n) is 2.78. The number of ether oxygens (including phenoxy) is 2. The minimum atomic E-state index is -4.06. The van der Waals surface area contributed by atoms with Crippen LogP contribution < -0.4 is 19.1 Å². The molecule has 1 aliphatic heterocycles.